The lowest BCUT2D eigenvalue weighted by atomic mass is 10.00. The van der Waals surface area contributed by atoms with Crippen molar-refractivity contribution in [3.63, 3.8) is 0 Å². The monoisotopic (exact) mass is 266 g/mol. The van der Waals surface area contributed by atoms with Crippen LogP contribution < -0.4 is 0 Å². The molecule has 0 aromatic heterocycles. The molecule has 90 valence electrons. The van der Waals surface area contributed by atoms with Gasteiger partial charge in [0.1, 0.15) is 5.82 Å². The fourth-order valence-electron chi connectivity index (χ4n) is 2.44. The van der Waals surface area contributed by atoms with Gasteiger partial charge < -0.3 is 0 Å². The second-order valence-electron chi connectivity index (χ2n) is 4.60. The van der Waals surface area contributed by atoms with Crippen LogP contribution in [0.1, 0.15) is 31.2 Å². The van der Waals surface area contributed by atoms with Crippen molar-refractivity contribution in [3.05, 3.63) is 41.1 Å². The highest BCUT2D eigenvalue weighted by Gasteiger charge is 2.29. The smallest absolute Gasteiger partial charge is 0.123 e. The topological polar surface area (TPSA) is 0 Å². The van der Waals surface area contributed by atoms with Crippen molar-refractivity contribution in [2.24, 2.45) is 0 Å². The molecule has 1 aromatic carbocycles. The molecule has 1 fully saturated rings. The van der Waals surface area contributed by atoms with E-state index < -0.39 is 0 Å². The van der Waals surface area contributed by atoms with Gasteiger partial charge in [0.2, 0.25) is 0 Å². The molecule has 0 bridgehead atoms. The van der Waals surface area contributed by atoms with Gasteiger partial charge in [-0.1, -0.05) is 25.0 Å². The number of halogens is 1. The zero-order valence-corrected chi connectivity index (χ0v) is 11.2. The van der Waals surface area contributed by atoms with Crippen LogP contribution in [0.15, 0.2) is 29.7 Å². The Bertz CT molecular complexity index is 424. The summed E-state index contributed by atoms with van der Waals surface area (Å²) in [4.78, 5) is 1.32. The number of thioether (sulfide) groups is 2. The van der Waals surface area contributed by atoms with Crippen molar-refractivity contribution in [2.75, 3.05) is 0 Å². The third-order valence-corrected chi connectivity index (χ3v) is 6.48. The Morgan fingerprint density at radius 2 is 1.71 bits per heavy atom. The van der Waals surface area contributed by atoms with E-state index in [1.54, 1.807) is 12.1 Å². The first kappa shape index (κ1) is 11.7. The van der Waals surface area contributed by atoms with Crippen molar-refractivity contribution in [1.29, 1.82) is 0 Å². The van der Waals surface area contributed by atoms with E-state index in [9.17, 15) is 4.39 Å². The molecule has 1 saturated carbocycles. The summed E-state index contributed by atoms with van der Waals surface area (Å²) in [6, 6.07) is 6.87. The zero-order chi connectivity index (χ0) is 11.7. The summed E-state index contributed by atoms with van der Waals surface area (Å²) < 4.78 is 12.9. The summed E-state index contributed by atoms with van der Waals surface area (Å²) in [7, 11) is 0. The normalized spacial score (nSPS) is 28.4. The van der Waals surface area contributed by atoms with E-state index in [-0.39, 0.29) is 5.82 Å². The van der Waals surface area contributed by atoms with Crippen LogP contribution >= 0.6 is 23.5 Å². The Hall–Kier alpha value is -0.410. The molecule has 2 aliphatic rings. The maximum Gasteiger partial charge on any atom is 0.123 e. The minimum Gasteiger partial charge on any atom is -0.207 e. The van der Waals surface area contributed by atoms with Crippen LogP contribution in [0.2, 0.25) is 0 Å². The minimum atomic E-state index is -0.154. The average molecular weight is 266 g/mol. The Kier molecular flexibility index (Phi) is 3.48. The summed E-state index contributed by atoms with van der Waals surface area (Å²) in [6.07, 6.45) is 5.44. The fourth-order valence-corrected chi connectivity index (χ4v) is 5.41. The molecule has 0 spiro atoms. The first-order valence-corrected chi connectivity index (χ1v) is 7.93. The van der Waals surface area contributed by atoms with Gasteiger partial charge in [-0.15, -0.1) is 23.5 Å². The van der Waals surface area contributed by atoms with Crippen molar-refractivity contribution >= 4 is 28.4 Å². The molecular weight excluding hydrogens is 251 g/mol. The molecule has 1 aromatic rings. The lowest BCUT2D eigenvalue weighted by Gasteiger charge is -2.33. The number of fused-ring (bicyclic) bond motifs is 1. The van der Waals surface area contributed by atoms with E-state index in [2.05, 4.69) is 5.41 Å². The van der Waals surface area contributed by atoms with E-state index in [0.29, 0.717) is 0 Å². The summed E-state index contributed by atoms with van der Waals surface area (Å²) in [5.74, 6) is -0.154. The van der Waals surface area contributed by atoms with Gasteiger partial charge in [-0.3, -0.25) is 0 Å². The van der Waals surface area contributed by atoms with Crippen LogP contribution in [-0.4, -0.2) is 10.5 Å². The summed E-state index contributed by atoms with van der Waals surface area (Å²) in [5, 5.41) is 3.83. The predicted octanol–water partition coefficient (Wildman–Crippen LogP) is 4.92. The van der Waals surface area contributed by atoms with Crippen LogP contribution in [0.3, 0.4) is 0 Å². The lowest BCUT2D eigenvalue weighted by Crippen LogP contribution is -2.25. The zero-order valence-electron chi connectivity index (χ0n) is 9.56. The van der Waals surface area contributed by atoms with Crippen molar-refractivity contribution in [1.82, 2.24) is 0 Å². The molecule has 1 aliphatic heterocycles. The van der Waals surface area contributed by atoms with E-state index in [1.807, 2.05) is 35.7 Å². The van der Waals surface area contributed by atoms with E-state index in [1.165, 1.54) is 30.6 Å². The highest BCUT2D eigenvalue weighted by atomic mass is 32.2. The first-order valence-electron chi connectivity index (χ1n) is 6.11. The molecule has 1 aliphatic carbocycles. The second-order valence-corrected chi connectivity index (χ2v) is 7.00. The van der Waals surface area contributed by atoms with Gasteiger partial charge in [0.25, 0.3) is 0 Å². The third-order valence-electron chi connectivity index (χ3n) is 3.40. The molecule has 0 radical (unpaired) electrons. The van der Waals surface area contributed by atoms with Gasteiger partial charge >= 0.3 is 0 Å². The maximum atomic E-state index is 12.9. The number of rotatable bonds is 1. The summed E-state index contributed by atoms with van der Waals surface area (Å²) in [5.41, 5.74) is 1.16. The molecule has 3 rings (SSSR count). The van der Waals surface area contributed by atoms with Gasteiger partial charge in [0, 0.05) is 15.4 Å². The maximum absolute atomic E-state index is 12.9. The van der Waals surface area contributed by atoms with Crippen LogP contribution in [0, 0.1) is 5.82 Å². The molecule has 2 atom stereocenters. The average Bonchev–Trinajstić information content (AvgIpc) is 2.39. The summed E-state index contributed by atoms with van der Waals surface area (Å²) >= 11 is 3.97. The Balaban J connectivity index is 1.80. The van der Waals surface area contributed by atoms with Crippen molar-refractivity contribution in [3.8, 4) is 0 Å². The van der Waals surface area contributed by atoms with Gasteiger partial charge in [-0.2, -0.15) is 0 Å². The molecule has 1 heterocycles. The molecule has 0 nitrogen and oxygen atoms in total. The van der Waals surface area contributed by atoms with E-state index >= 15 is 0 Å². The van der Waals surface area contributed by atoms with Crippen LogP contribution in [0.25, 0.3) is 4.91 Å². The minimum absolute atomic E-state index is 0.154. The van der Waals surface area contributed by atoms with Crippen molar-refractivity contribution < 1.29 is 4.39 Å². The standard InChI is InChI=1S/C14H15FS2/c15-11-7-5-10(6-8-11)14-9-16-12-3-1-2-4-13(12)17-14/h5-9,12-13H,1-4H2. The van der Waals surface area contributed by atoms with Gasteiger partial charge in [0.15, 0.2) is 0 Å². The molecule has 2 unspecified atom stereocenters. The lowest BCUT2D eigenvalue weighted by molar-refractivity contribution is 0.529. The Morgan fingerprint density at radius 1 is 1.00 bits per heavy atom. The highest BCUT2D eigenvalue weighted by molar-refractivity contribution is 8.14. The van der Waals surface area contributed by atoms with Gasteiger partial charge in [0.05, 0.1) is 0 Å². The van der Waals surface area contributed by atoms with Crippen molar-refractivity contribution in [2.45, 2.75) is 36.2 Å². The largest absolute Gasteiger partial charge is 0.207 e. The molecule has 0 amide bonds. The fraction of sp³-hybridized carbons (Fsp3) is 0.429. The van der Waals surface area contributed by atoms with E-state index in [0.717, 1.165) is 16.1 Å². The predicted molar refractivity (Wildman–Crippen MR) is 75.6 cm³/mol. The van der Waals surface area contributed by atoms with Crippen LogP contribution in [-0.2, 0) is 0 Å². The quantitative estimate of drug-likeness (QED) is 0.708. The van der Waals surface area contributed by atoms with Gasteiger partial charge in [-0.05, 0) is 35.9 Å². The molecular formula is C14H15FS2. The first-order chi connectivity index (χ1) is 8.33. The van der Waals surface area contributed by atoms with Gasteiger partial charge in [-0.25, -0.2) is 4.39 Å². The summed E-state index contributed by atoms with van der Waals surface area (Å²) in [6.45, 7) is 0. The molecule has 0 saturated heterocycles. The van der Waals surface area contributed by atoms with E-state index in [4.69, 9.17) is 0 Å². The number of hydrogen-bond donors (Lipinski definition) is 0. The molecule has 3 heteroatoms. The SMILES string of the molecule is Fc1ccc(C2=CSC3CCCCC3S2)cc1. The van der Waals surface area contributed by atoms with Crippen LogP contribution in [0.5, 0.6) is 0 Å². The van der Waals surface area contributed by atoms with Crippen LogP contribution in [0.4, 0.5) is 4.39 Å². The Morgan fingerprint density at radius 3 is 2.47 bits per heavy atom. The highest BCUT2D eigenvalue weighted by Crippen LogP contribution is 2.48. The second kappa shape index (κ2) is 5.07. The Labute approximate surface area is 110 Å². The molecule has 0 N–H and O–H groups in total. The number of benzene rings is 1. The molecule has 17 heavy (non-hydrogen) atoms. The number of hydrogen-bond acceptors (Lipinski definition) is 2. The third kappa shape index (κ3) is 2.55.